The first-order valence-electron chi connectivity index (χ1n) is 9.88. The fourth-order valence-corrected chi connectivity index (χ4v) is 5.02. The van der Waals surface area contributed by atoms with E-state index in [0.717, 1.165) is 37.5 Å². The van der Waals surface area contributed by atoms with Gasteiger partial charge in [0.2, 0.25) is 10.0 Å². The average Bonchev–Trinajstić information content (AvgIpc) is 2.75. The summed E-state index contributed by atoms with van der Waals surface area (Å²) in [6, 6.07) is 8.17. The molecule has 0 aliphatic carbocycles. The number of alkyl halides is 3. The van der Waals surface area contributed by atoms with Gasteiger partial charge in [-0.1, -0.05) is 12.5 Å². The Bertz CT molecular complexity index is 1050. The van der Waals surface area contributed by atoms with Crippen LogP contribution in [0.3, 0.4) is 0 Å². The topological polar surface area (TPSA) is 75.7 Å². The van der Waals surface area contributed by atoms with E-state index in [-0.39, 0.29) is 28.5 Å². The summed E-state index contributed by atoms with van der Waals surface area (Å²) < 4.78 is 71.9. The fourth-order valence-electron chi connectivity index (χ4n) is 3.35. The van der Waals surface area contributed by atoms with Crippen LogP contribution in [-0.2, 0) is 16.2 Å². The van der Waals surface area contributed by atoms with Crippen LogP contribution in [-0.4, -0.2) is 38.3 Å². The number of piperidine rings is 1. The second kappa shape index (κ2) is 9.27. The Balaban J connectivity index is 1.91. The molecule has 1 heterocycles. The van der Waals surface area contributed by atoms with Gasteiger partial charge >= 0.3 is 6.18 Å². The molecule has 1 N–H and O–H groups in total. The van der Waals surface area contributed by atoms with E-state index in [2.05, 4.69) is 5.32 Å². The molecule has 0 bridgehead atoms. The molecule has 0 radical (unpaired) electrons. The molecule has 0 atom stereocenters. The van der Waals surface area contributed by atoms with Crippen LogP contribution in [0.5, 0.6) is 5.75 Å². The molecule has 1 aliphatic rings. The number of benzene rings is 2. The summed E-state index contributed by atoms with van der Waals surface area (Å²) >= 11 is 0. The van der Waals surface area contributed by atoms with Gasteiger partial charge < -0.3 is 10.1 Å². The van der Waals surface area contributed by atoms with Crippen molar-refractivity contribution in [3.05, 3.63) is 53.6 Å². The number of amides is 1. The zero-order valence-corrected chi connectivity index (χ0v) is 17.7. The van der Waals surface area contributed by atoms with E-state index >= 15 is 0 Å². The minimum atomic E-state index is -4.58. The molecular formula is C21H23F3N2O4S. The normalized spacial score (nSPS) is 15.5. The molecule has 2 aromatic carbocycles. The lowest BCUT2D eigenvalue weighted by Crippen LogP contribution is -2.35. The first-order chi connectivity index (χ1) is 14.6. The van der Waals surface area contributed by atoms with Crippen LogP contribution in [0.25, 0.3) is 0 Å². The highest BCUT2D eigenvalue weighted by atomic mass is 32.2. The number of ether oxygens (including phenoxy) is 1. The maximum Gasteiger partial charge on any atom is 0.416 e. The minimum absolute atomic E-state index is 0.0851. The number of nitrogens with one attached hydrogen (secondary N) is 1. The number of rotatable bonds is 6. The van der Waals surface area contributed by atoms with Crippen molar-refractivity contribution < 1.29 is 31.1 Å². The molecule has 168 valence electrons. The van der Waals surface area contributed by atoms with Gasteiger partial charge in [0.1, 0.15) is 10.6 Å². The zero-order chi connectivity index (χ0) is 22.6. The number of carbonyl (C=O) groups is 1. The summed E-state index contributed by atoms with van der Waals surface area (Å²) in [5, 5.41) is 2.48. The Kier molecular flexibility index (Phi) is 6.90. The van der Waals surface area contributed by atoms with Crippen molar-refractivity contribution in [2.75, 3.05) is 25.0 Å². The highest BCUT2D eigenvalue weighted by Crippen LogP contribution is 2.32. The second-order valence-electron chi connectivity index (χ2n) is 7.09. The van der Waals surface area contributed by atoms with Crippen LogP contribution in [0, 0.1) is 0 Å². The maximum atomic E-state index is 13.2. The van der Waals surface area contributed by atoms with Crippen LogP contribution in [0.4, 0.5) is 18.9 Å². The zero-order valence-electron chi connectivity index (χ0n) is 16.9. The molecule has 2 aromatic rings. The van der Waals surface area contributed by atoms with Crippen molar-refractivity contribution in [1.82, 2.24) is 4.31 Å². The number of anilines is 1. The summed E-state index contributed by atoms with van der Waals surface area (Å²) in [5.74, 6) is -0.623. The number of sulfonamides is 1. The number of carbonyl (C=O) groups excluding carboxylic acids is 1. The Labute approximate surface area is 179 Å². The summed E-state index contributed by atoms with van der Waals surface area (Å²) in [6.07, 6.45) is -2.10. The third kappa shape index (κ3) is 5.37. The molecule has 31 heavy (non-hydrogen) atoms. The Hall–Kier alpha value is -2.59. The van der Waals surface area contributed by atoms with E-state index < -0.39 is 27.7 Å². The molecule has 1 saturated heterocycles. The van der Waals surface area contributed by atoms with Crippen molar-refractivity contribution in [3.8, 4) is 5.75 Å². The third-order valence-corrected chi connectivity index (χ3v) is 6.81. The number of hydrogen-bond acceptors (Lipinski definition) is 4. The Morgan fingerprint density at radius 2 is 1.81 bits per heavy atom. The summed E-state index contributed by atoms with van der Waals surface area (Å²) in [7, 11) is -3.86. The summed E-state index contributed by atoms with van der Waals surface area (Å²) in [4.78, 5) is 12.4. The molecule has 0 saturated carbocycles. The maximum absolute atomic E-state index is 13.2. The van der Waals surface area contributed by atoms with Gasteiger partial charge in [0, 0.05) is 24.3 Å². The highest BCUT2D eigenvalue weighted by molar-refractivity contribution is 7.89. The molecule has 1 aliphatic heterocycles. The van der Waals surface area contributed by atoms with E-state index in [1.807, 2.05) is 0 Å². The number of halogens is 3. The smallest absolute Gasteiger partial charge is 0.416 e. The van der Waals surface area contributed by atoms with Crippen LogP contribution in [0.2, 0.25) is 0 Å². The van der Waals surface area contributed by atoms with E-state index in [1.54, 1.807) is 6.92 Å². The molecule has 0 spiro atoms. The largest absolute Gasteiger partial charge is 0.492 e. The third-order valence-electron chi connectivity index (χ3n) is 4.89. The number of nitrogens with zero attached hydrogens (tertiary/aromatic N) is 1. The van der Waals surface area contributed by atoms with Gasteiger partial charge in [-0.3, -0.25) is 4.79 Å². The predicted octanol–water partition coefficient (Wildman–Crippen LogP) is 4.53. The lowest BCUT2D eigenvalue weighted by atomic mass is 10.1. The van der Waals surface area contributed by atoms with Gasteiger partial charge in [0.25, 0.3) is 5.91 Å². The molecule has 1 amide bonds. The lowest BCUT2D eigenvalue weighted by Gasteiger charge is -2.27. The molecular weight excluding hydrogens is 433 g/mol. The minimum Gasteiger partial charge on any atom is -0.492 e. The van der Waals surface area contributed by atoms with Crippen molar-refractivity contribution >= 4 is 21.6 Å². The summed E-state index contributed by atoms with van der Waals surface area (Å²) in [5.41, 5.74) is -0.995. The van der Waals surface area contributed by atoms with E-state index in [9.17, 15) is 26.4 Å². The van der Waals surface area contributed by atoms with E-state index in [1.165, 1.54) is 28.6 Å². The molecule has 6 nitrogen and oxygen atoms in total. The predicted molar refractivity (Wildman–Crippen MR) is 110 cm³/mol. The molecule has 3 rings (SSSR count). The van der Waals surface area contributed by atoms with Crippen molar-refractivity contribution in [2.45, 2.75) is 37.3 Å². The van der Waals surface area contributed by atoms with E-state index in [0.29, 0.717) is 13.1 Å². The van der Waals surface area contributed by atoms with Gasteiger partial charge in [-0.2, -0.15) is 17.5 Å². The fraction of sp³-hybridized carbons (Fsp3) is 0.381. The standard InChI is InChI=1S/C21H23F3N2O4S/c1-2-30-18-10-9-17(14-19(18)31(28,29)26-11-4-3-5-12-26)25-20(27)15-7-6-8-16(13-15)21(22,23)24/h6-10,13-14H,2-5,11-12H2,1H3,(H,25,27). The van der Waals surface area contributed by atoms with Crippen molar-refractivity contribution in [2.24, 2.45) is 0 Å². The van der Waals surface area contributed by atoms with Crippen molar-refractivity contribution in [1.29, 1.82) is 0 Å². The van der Waals surface area contributed by atoms with Gasteiger partial charge in [0.15, 0.2) is 0 Å². The van der Waals surface area contributed by atoms with Crippen LogP contribution >= 0.6 is 0 Å². The Morgan fingerprint density at radius 1 is 1.10 bits per heavy atom. The van der Waals surface area contributed by atoms with E-state index in [4.69, 9.17) is 4.74 Å². The summed E-state index contributed by atoms with van der Waals surface area (Å²) in [6.45, 7) is 2.77. The molecule has 0 unspecified atom stereocenters. The van der Waals surface area contributed by atoms with Crippen LogP contribution in [0.1, 0.15) is 42.1 Å². The van der Waals surface area contributed by atoms with Crippen LogP contribution < -0.4 is 10.1 Å². The lowest BCUT2D eigenvalue weighted by molar-refractivity contribution is -0.137. The quantitative estimate of drug-likeness (QED) is 0.693. The number of hydrogen-bond donors (Lipinski definition) is 1. The molecule has 0 aromatic heterocycles. The highest BCUT2D eigenvalue weighted by Gasteiger charge is 2.31. The monoisotopic (exact) mass is 456 g/mol. The van der Waals surface area contributed by atoms with Gasteiger partial charge in [0.05, 0.1) is 12.2 Å². The molecule has 1 fully saturated rings. The Morgan fingerprint density at radius 3 is 2.45 bits per heavy atom. The van der Waals surface area contributed by atoms with Crippen LogP contribution in [0.15, 0.2) is 47.4 Å². The second-order valence-corrected chi connectivity index (χ2v) is 9.00. The van der Waals surface area contributed by atoms with Gasteiger partial charge in [-0.05, 0) is 56.2 Å². The van der Waals surface area contributed by atoms with Gasteiger partial charge in [-0.25, -0.2) is 8.42 Å². The first-order valence-corrected chi connectivity index (χ1v) is 11.3. The SMILES string of the molecule is CCOc1ccc(NC(=O)c2cccc(C(F)(F)F)c2)cc1S(=O)(=O)N1CCCCC1. The van der Waals surface area contributed by atoms with Gasteiger partial charge in [-0.15, -0.1) is 0 Å². The first kappa shape index (κ1) is 23.1. The van der Waals surface area contributed by atoms with Crippen molar-refractivity contribution in [3.63, 3.8) is 0 Å². The average molecular weight is 456 g/mol. The molecule has 10 heteroatoms.